The number of likely N-dealkylation sites (tertiary alicyclic amines) is 1. The molecule has 24 heavy (non-hydrogen) atoms. The molecule has 1 saturated heterocycles. The monoisotopic (exact) mass is 345 g/mol. The molecule has 1 unspecified atom stereocenters. The van der Waals surface area contributed by atoms with Crippen molar-refractivity contribution >= 4 is 17.4 Å². The predicted octanol–water partition coefficient (Wildman–Crippen LogP) is 3.17. The largest absolute Gasteiger partial charge is 0.383 e. The van der Waals surface area contributed by atoms with E-state index in [1.54, 1.807) is 18.4 Å². The number of carbonyl (C=O) groups excluding carboxylic acids is 1. The summed E-state index contributed by atoms with van der Waals surface area (Å²) in [4.78, 5) is 18.8. The number of ether oxygens (including phenoxy) is 1. The van der Waals surface area contributed by atoms with Gasteiger partial charge in [0, 0.05) is 37.6 Å². The van der Waals surface area contributed by atoms with Crippen molar-refractivity contribution in [1.82, 2.24) is 15.2 Å². The van der Waals surface area contributed by atoms with Crippen molar-refractivity contribution in [2.24, 2.45) is 0 Å². The molecule has 3 rings (SSSR count). The van der Waals surface area contributed by atoms with E-state index in [2.05, 4.69) is 27.8 Å². The molecule has 1 aliphatic rings. The maximum Gasteiger partial charge on any atom is 0.317 e. The van der Waals surface area contributed by atoms with Gasteiger partial charge in [-0.05, 0) is 12.8 Å². The highest BCUT2D eigenvalue weighted by Gasteiger charge is 2.28. The van der Waals surface area contributed by atoms with Gasteiger partial charge in [-0.3, -0.25) is 0 Å². The second kappa shape index (κ2) is 8.26. The Labute approximate surface area is 146 Å². The highest BCUT2D eigenvalue weighted by Crippen LogP contribution is 2.21. The lowest BCUT2D eigenvalue weighted by Gasteiger charge is -2.24. The number of methoxy groups -OCH3 is 1. The average Bonchev–Trinajstić information content (AvgIpc) is 3.25. The number of nitrogens with one attached hydrogen (secondary N) is 1. The standard InChI is InChI=1S/C18H23N3O2S/c1-23-12-15-8-5-11-21(15)18(22)19-10-9-17-20-16(13-24-17)14-6-3-2-4-7-14/h2-4,6-7,13,15H,5,8-12H2,1H3,(H,19,22). The fourth-order valence-electron chi connectivity index (χ4n) is 3.01. The van der Waals surface area contributed by atoms with Crippen molar-refractivity contribution in [1.29, 1.82) is 0 Å². The molecule has 1 aliphatic heterocycles. The summed E-state index contributed by atoms with van der Waals surface area (Å²) in [5.74, 6) is 0. The van der Waals surface area contributed by atoms with E-state index < -0.39 is 0 Å². The first-order valence-electron chi connectivity index (χ1n) is 8.31. The molecule has 0 radical (unpaired) electrons. The van der Waals surface area contributed by atoms with Gasteiger partial charge in [-0.1, -0.05) is 30.3 Å². The molecular formula is C18H23N3O2S. The van der Waals surface area contributed by atoms with E-state index in [-0.39, 0.29) is 12.1 Å². The van der Waals surface area contributed by atoms with E-state index in [1.807, 2.05) is 23.1 Å². The van der Waals surface area contributed by atoms with Crippen LogP contribution in [0, 0.1) is 0 Å². The summed E-state index contributed by atoms with van der Waals surface area (Å²) < 4.78 is 5.19. The number of aromatic nitrogens is 1. The summed E-state index contributed by atoms with van der Waals surface area (Å²) in [5, 5.41) is 6.13. The first-order chi connectivity index (χ1) is 11.8. The van der Waals surface area contributed by atoms with Crippen LogP contribution in [0.4, 0.5) is 4.79 Å². The molecule has 0 aliphatic carbocycles. The number of amides is 2. The van der Waals surface area contributed by atoms with E-state index in [4.69, 9.17) is 4.74 Å². The van der Waals surface area contributed by atoms with Crippen LogP contribution in [-0.4, -0.2) is 48.8 Å². The van der Waals surface area contributed by atoms with E-state index in [9.17, 15) is 4.79 Å². The molecular weight excluding hydrogens is 322 g/mol. The van der Waals surface area contributed by atoms with Crippen molar-refractivity contribution in [3.63, 3.8) is 0 Å². The van der Waals surface area contributed by atoms with Crippen LogP contribution in [0.3, 0.4) is 0 Å². The van der Waals surface area contributed by atoms with Gasteiger partial charge in [0.15, 0.2) is 0 Å². The third kappa shape index (κ3) is 4.13. The lowest BCUT2D eigenvalue weighted by atomic mass is 10.2. The molecule has 0 bridgehead atoms. The first-order valence-corrected chi connectivity index (χ1v) is 9.19. The summed E-state index contributed by atoms with van der Waals surface area (Å²) in [6.07, 6.45) is 2.83. The summed E-state index contributed by atoms with van der Waals surface area (Å²) >= 11 is 1.64. The number of nitrogens with zero attached hydrogens (tertiary/aromatic N) is 2. The first kappa shape index (κ1) is 16.9. The zero-order valence-electron chi connectivity index (χ0n) is 13.9. The van der Waals surface area contributed by atoms with E-state index in [0.29, 0.717) is 13.2 Å². The lowest BCUT2D eigenvalue weighted by molar-refractivity contribution is 0.123. The van der Waals surface area contributed by atoms with Crippen LogP contribution in [-0.2, 0) is 11.2 Å². The minimum atomic E-state index is 0.00869. The number of thiazole rings is 1. The third-order valence-corrected chi connectivity index (χ3v) is 5.14. The Morgan fingerprint density at radius 1 is 1.42 bits per heavy atom. The number of urea groups is 1. The van der Waals surface area contributed by atoms with Gasteiger partial charge in [-0.15, -0.1) is 11.3 Å². The number of hydrogen-bond donors (Lipinski definition) is 1. The van der Waals surface area contributed by atoms with Gasteiger partial charge >= 0.3 is 6.03 Å². The highest BCUT2D eigenvalue weighted by molar-refractivity contribution is 7.09. The Morgan fingerprint density at radius 2 is 2.25 bits per heavy atom. The van der Waals surface area contributed by atoms with E-state index >= 15 is 0 Å². The molecule has 1 aromatic carbocycles. The van der Waals surface area contributed by atoms with E-state index in [0.717, 1.165) is 42.1 Å². The quantitative estimate of drug-likeness (QED) is 0.875. The molecule has 2 aromatic rings. The molecule has 2 heterocycles. The molecule has 1 N–H and O–H groups in total. The summed E-state index contributed by atoms with van der Waals surface area (Å²) in [6, 6.07) is 10.4. The normalized spacial score (nSPS) is 17.2. The second-order valence-corrected chi connectivity index (χ2v) is 6.86. The van der Waals surface area contributed by atoms with Crippen molar-refractivity contribution in [3.05, 3.63) is 40.7 Å². The van der Waals surface area contributed by atoms with Gasteiger partial charge in [-0.2, -0.15) is 0 Å². The third-order valence-electron chi connectivity index (χ3n) is 4.23. The van der Waals surface area contributed by atoms with Crippen LogP contribution in [0.2, 0.25) is 0 Å². The zero-order valence-corrected chi connectivity index (χ0v) is 14.7. The van der Waals surface area contributed by atoms with Crippen LogP contribution < -0.4 is 5.32 Å². The van der Waals surface area contributed by atoms with Crippen molar-refractivity contribution in [3.8, 4) is 11.3 Å². The predicted molar refractivity (Wildman–Crippen MR) is 96.3 cm³/mol. The molecule has 0 saturated carbocycles. The SMILES string of the molecule is COCC1CCCN1C(=O)NCCc1nc(-c2ccccc2)cs1. The van der Waals surface area contributed by atoms with Gasteiger partial charge in [0.1, 0.15) is 0 Å². The highest BCUT2D eigenvalue weighted by atomic mass is 32.1. The van der Waals surface area contributed by atoms with Crippen LogP contribution in [0.5, 0.6) is 0 Å². The van der Waals surface area contributed by atoms with E-state index in [1.165, 1.54) is 0 Å². The maximum absolute atomic E-state index is 12.3. The Balaban J connectivity index is 1.48. The zero-order chi connectivity index (χ0) is 16.8. The van der Waals surface area contributed by atoms with Crippen LogP contribution in [0.25, 0.3) is 11.3 Å². The molecule has 1 aromatic heterocycles. The number of benzene rings is 1. The molecule has 5 nitrogen and oxygen atoms in total. The minimum Gasteiger partial charge on any atom is -0.383 e. The maximum atomic E-state index is 12.3. The van der Waals surface area contributed by atoms with Gasteiger partial charge in [-0.25, -0.2) is 9.78 Å². The number of hydrogen-bond acceptors (Lipinski definition) is 4. The lowest BCUT2D eigenvalue weighted by Crippen LogP contribution is -2.44. The fourth-order valence-corrected chi connectivity index (χ4v) is 3.82. The molecule has 0 spiro atoms. The van der Waals surface area contributed by atoms with Gasteiger partial charge in [0.2, 0.25) is 0 Å². The molecule has 1 atom stereocenters. The van der Waals surface area contributed by atoms with Crippen LogP contribution in [0.1, 0.15) is 17.8 Å². The molecule has 128 valence electrons. The van der Waals surface area contributed by atoms with Crippen molar-refractivity contribution in [2.75, 3.05) is 26.8 Å². The van der Waals surface area contributed by atoms with Crippen molar-refractivity contribution in [2.45, 2.75) is 25.3 Å². The molecule has 2 amide bonds. The summed E-state index contributed by atoms with van der Waals surface area (Å²) in [5.41, 5.74) is 2.13. The fraction of sp³-hybridized carbons (Fsp3) is 0.444. The summed E-state index contributed by atoms with van der Waals surface area (Å²) in [7, 11) is 1.68. The summed E-state index contributed by atoms with van der Waals surface area (Å²) in [6.45, 7) is 2.03. The molecule has 1 fully saturated rings. The van der Waals surface area contributed by atoms with Crippen molar-refractivity contribution < 1.29 is 9.53 Å². The van der Waals surface area contributed by atoms with Gasteiger partial charge < -0.3 is 15.0 Å². The Morgan fingerprint density at radius 3 is 3.04 bits per heavy atom. The minimum absolute atomic E-state index is 0.00869. The average molecular weight is 345 g/mol. The molecule has 6 heteroatoms. The Kier molecular flexibility index (Phi) is 5.82. The topological polar surface area (TPSA) is 54.5 Å². The Bertz CT molecular complexity index is 659. The smallest absolute Gasteiger partial charge is 0.317 e. The second-order valence-electron chi connectivity index (χ2n) is 5.92. The number of carbonyl (C=O) groups is 1. The van der Waals surface area contributed by atoms with Gasteiger partial charge in [0.25, 0.3) is 0 Å². The Hall–Kier alpha value is -1.92. The van der Waals surface area contributed by atoms with Crippen LogP contribution in [0.15, 0.2) is 35.7 Å². The number of rotatable bonds is 6. The van der Waals surface area contributed by atoms with Crippen LogP contribution >= 0.6 is 11.3 Å². The van der Waals surface area contributed by atoms with Gasteiger partial charge in [0.05, 0.1) is 23.4 Å².